The molecule has 0 bridgehead atoms. The van der Waals surface area contributed by atoms with E-state index in [9.17, 15) is 9.90 Å². The molecule has 0 aliphatic heterocycles. The monoisotopic (exact) mass is 426 g/mol. The highest BCUT2D eigenvalue weighted by molar-refractivity contribution is 5.78. The van der Waals surface area contributed by atoms with Crippen LogP contribution in [0.5, 0.6) is 0 Å². The lowest BCUT2D eigenvalue weighted by Crippen LogP contribution is -2.06. The number of rotatable bonds is 22. The summed E-state index contributed by atoms with van der Waals surface area (Å²) in [4.78, 5) is 9.25. The van der Waals surface area contributed by atoms with E-state index < -0.39 is 5.97 Å². The van der Waals surface area contributed by atoms with Crippen LogP contribution in [0.4, 0.5) is 0 Å². The van der Waals surface area contributed by atoms with E-state index in [2.05, 4.69) is 20.4 Å². The molecule has 0 amide bonds. The van der Waals surface area contributed by atoms with Crippen LogP contribution in [0, 0.1) is 5.92 Å². The molecule has 0 rings (SSSR count). The zero-order valence-corrected chi connectivity index (χ0v) is 20.5. The second-order valence-electron chi connectivity index (χ2n) is 8.83. The predicted molar refractivity (Wildman–Crippen MR) is 132 cm³/mol. The van der Waals surface area contributed by atoms with Crippen molar-refractivity contribution >= 4 is 5.97 Å². The summed E-state index contributed by atoms with van der Waals surface area (Å²) >= 11 is 0. The molecule has 0 heterocycles. The number of aliphatic hydroxyl groups excluding tert-OH is 1. The molecular formula is C27H54O3. The lowest BCUT2D eigenvalue weighted by molar-refractivity contribution is -0.131. The van der Waals surface area contributed by atoms with Crippen molar-refractivity contribution in [1.82, 2.24) is 0 Å². The van der Waals surface area contributed by atoms with Gasteiger partial charge in [-0.1, -0.05) is 136 Å². The van der Waals surface area contributed by atoms with Gasteiger partial charge in [-0.15, -0.1) is 0 Å². The fourth-order valence-corrected chi connectivity index (χ4v) is 3.81. The number of carboxylic acid groups (broad SMARTS) is 1. The Balaban J connectivity index is 0. The molecule has 0 radical (unpaired) electrons. The molecule has 3 heteroatoms. The Hall–Kier alpha value is -0.830. The van der Waals surface area contributed by atoms with E-state index in [0.717, 1.165) is 6.08 Å². The minimum Gasteiger partial charge on any atom is -0.478 e. The lowest BCUT2D eigenvalue weighted by atomic mass is 9.94. The maximum atomic E-state index is 9.57. The van der Waals surface area contributed by atoms with E-state index in [1.165, 1.54) is 128 Å². The maximum absolute atomic E-state index is 9.57. The Morgan fingerprint density at radius 3 is 1.17 bits per heavy atom. The van der Waals surface area contributed by atoms with Gasteiger partial charge in [0.15, 0.2) is 0 Å². The van der Waals surface area contributed by atoms with E-state index >= 15 is 0 Å². The normalized spacial score (nSPS) is 11.6. The van der Waals surface area contributed by atoms with Gasteiger partial charge in [0.2, 0.25) is 0 Å². The molecule has 0 saturated heterocycles. The molecule has 0 aromatic rings. The van der Waals surface area contributed by atoms with Crippen LogP contribution in [-0.2, 0) is 4.79 Å². The van der Waals surface area contributed by atoms with Crippen LogP contribution in [0.3, 0.4) is 0 Å². The summed E-state index contributed by atoms with van der Waals surface area (Å²) < 4.78 is 0. The molecule has 1 unspecified atom stereocenters. The Bertz CT molecular complexity index is 341. The molecule has 3 nitrogen and oxygen atoms in total. The number of hydrogen-bond donors (Lipinski definition) is 2. The fourth-order valence-electron chi connectivity index (χ4n) is 3.81. The first kappa shape index (κ1) is 31.4. The van der Waals surface area contributed by atoms with E-state index in [-0.39, 0.29) is 0 Å². The van der Waals surface area contributed by atoms with Gasteiger partial charge in [0.1, 0.15) is 0 Å². The molecule has 0 aromatic carbocycles. The number of carbonyl (C=O) groups is 1. The van der Waals surface area contributed by atoms with Crippen LogP contribution in [0.1, 0.15) is 142 Å². The number of unbranched alkanes of at least 4 members (excludes halogenated alkanes) is 16. The van der Waals surface area contributed by atoms with E-state index in [4.69, 9.17) is 5.11 Å². The molecule has 180 valence electrons. The van der Waals surface area contributed by atoms with Crippen molar-refractivity contribution in [1.29, 1.82) is 0 Å². The largest absolute Gasteiger partial charge is 0.478 e. The molecule has 30 heavy (non-hydrogen) atoms. The summed E-state index contributed by atoms with van der Waals surface area (Å²) in [7, 11) is 0. The number of hydrogen-bond acceptors (Lipinski definition) is 2. The molecule has 0 spiro atoms. The van der Waals surface area contributed by atoms with Gasteiger partial charge in [0, 0.05) is 12.7 Å². The second kappa shape index (κ2) is 28.2. The first-order valence-electron chi connectivity index (χ1n) is 13.1. The molecule has 0 aromatic heterocycles. The lowest BCUT2D eigenvalue weighted by Gasteiger charge is -2.13. The summed E-state index contributed by atoms with van der Waals surface area (Å²) in [6, 6.07) is 0. The summed E-state index contributed by atoms with van der Waals surface area (Å²) in [5.41, 5.74) is 0. The third-order valence-corrected chi connectivity index (χ3v) is 5.86. The third-order valence-electron chi connectivity index (χ3n) is 5.86. The summed E-state index contributed by atoms with van der Waals surface area (Å²) in [5.74, 6) is -0.404. The molecule has 2 N–H and O–H groups in total. The fraction of sp³-hybridized carbons (Fsp3) is 0.889. The standard InChI is InChI=1S/C24H50O.C3H4O2/c1-3-5-7-9-11-13-14-16-18-20-22-24(23-25)21-19-17-15-12-10-8-6-4-2;1-2-3(4)5/h24-25H,3-23H2,1-2H3;2H,1H2,(H,4,5). The highest BCUT2D eigenvalue weighted by Crippen LogP contribution is 2.19. The molecule has 0 aliphatic carbocycles. The minimum atomic E-state index is -0.981. The number of aliphatic hydroxyl groups is 1. The highest BCUT2D eigenvalue weighted by Gasteiger charge is 2.06. The Kier molecular flexibility index (Phi) is 29.4. The Morgan fingerprint density at radius 2 is 0.933 bits per heavy atom. The van der Waals surface area contributed by atoms with Crippen molar-refractivity contribution < 1.29 is 15.0 Å². The first-order valence-corrected chi connectivity index (χ1v) is 13.1. The topological polar surface area (TPSA) is 57.5 Å². The SMILES string of the molecule is C=CC(=O)O.CCCCCCCCCCCCC(CO)CCCCCCCCCC. The van der Waals surface area contributed by atoms with Crippen LogP contribution < -0.4 is 0 Å². The van der Waals surface area contributed by atoms with Gasteiger partial charge in [-0.3, -0.25) is 0 Å². The van der Waals surface area contributed by atoms with Crippen molar-refractivity contribution in [3.05, 3.63) is 12.7 Å². The van der Waals surface area contributed by atoms with Crippen LogP contribution in [0.2, 0.25) is 0 Å². The van der Waals surface area contributed by atoms with Crippen LogP contribution in [0.25, 0.3) is 0 Å². The molecule has 0 saturated carbocycles. The van der Waals surface area contributed by atoms with Gasteiger partial charge < -0.3 is 10.2 Å². The quantitative estimate of drug-likeness (QED) is 0.134. The van der Waals surface area contributed by atoms with Crippen LogP contribution in [-0.4, -0.2) is 22.8 Å². The van der Waals surface area contributed by atoms with Gasteiger partial charge in [-0.2, -0.15) is 0 Å². The van der Waals surface area contributed by atoms with Crippen LogP contribution >= 0.6 is 0 Å². The van der Waals surface area contributed by atoms with Crippen LogP contribution in [0.15, 0.2) is 12.7 Å². The summed E-state index contributed by atoms with van der Waals surface area (Å²) in [5, 5.41) is 17.2. The van der Waals surface area contributed by atoms with Crippen molar-refractivity contribution in [2.24, 2.45) is 5.92 Å². The molecule has 0 fully saturated rings. The van der Waals surface area contributed by atoms with Gasteiger partial charge in [-0.25, -0.2) is 4.79 Å². The smallest absolute Gasteiger partial charge is 0.327 e. The van der Waals surface area contributed by atoms with E-state index in [1.807, 2.05) is 0 Å². The summed E-state index contributed by atoms with van der Waals surface area (Å²) in [6.45, 7) is 7.94. The van der Waals surface area contributed by atoms with Crippen molar-refractivity contribution in [2.75, 3.05) is 6.61 Å². The average Bonchev–Trinajstić information content (AvgIpc) is 2.75. The van der Waals surface area contributed by atoms with Crippen molar-refractivity contribution in [2.45, 2.75) is 142 Å². The molecule has 0 aliphatic rings. The second-order valence-corrected chi connectivity index (χ2v) is 8.83. The average molecular weight is 427 g/mol. The van der Waals surface area contributed by atoms with E-state index in [0.29, 0.717) is 12.5 Å². The highest BCUT2D eigenvalue weighted by atomic mass is 16.4. The minimum absolute atomic E-state index is 0.411. The Labute approximate surface area is 188 Å². The summed E-state index contributed by atoms with van der Waals surface area (Å²) in [6.07, 6.45) is 28.5. The van der Waals surface area contributed by atoms with Gasteiger partial charge in [-0.05, 0) is 18.8 Å². The van der Waals surface area contributed by atoms with E-state index in [1.54, 1.807) is 0 Å². The zero-order chi connectivity index (χ0) is 22.7. The Morgan fingerprint density at radius 1 is 0.667 bits per heavy atom. The maximum Gasteiger partial charge on any atom is 0.327 e. The van der Waals surface area contributed by atoms with Gasteiger partial charge in [0.25, 0.3) is 0 Å². The molecular weight excluding hydrogens is 372 g/mol. The molecule has 1 atom stereocenters. The van der Waals surface area contributed by atoms with Gasteiger partial charge in [0.05, 0.1) is 0 Å². The number of carboxylic acids is 1. The number of aliphatic carboxylic acids is 1. The zero-order valence-electron chi connectivity index (χ0n) is 20.5. The third kappa shape index (κ3) is 29.4. The first-order chi connectivity index (χ1) is 14.6. The predicted octanol–water partition coefficient (Wildman–Crippen LogP) is 8.69. The van der Waals surface area contributed by atoms with Gasteiger partial charge >= 0.3 is 5.97 Å². The van der Waals surface area contributed by atoms with Crippen molar-refractivity contribution in [3.8, 4) is 0 Å². The van der Waals surface area contributed by atoms with Crippen molar-refractivity contribution in [3.63, 3.8) is 0 Å².